The average Bonchev–Trinajstić information content (AvgIpc) is 3.04. The summed E-state index contributed by atoms with van der Waals surface area (Å²) in [5.41, 5.74) is 0.500. The number of hydrogen-bond donors (Lipinski definition) is 1. The van der Waals surface area contributed by atoms with Crippen molar-refractivity contribution in [2.24, 2.45) is 11.3 Å². The van der Waals surface area contributed by atoms with Crippen molar-refractivity contribution in [1.82, 2.24) is 5.32 Å². The van der Waals surface area contributed by atoms with Crippen LogP contribution in [0.25, 0.3) is 0 Å². The van der Waals surface area contributed by atoms with Gasteiger partial charge in [-0.2, -0.15) is 0 Å². The topological polar surface area (TPSA) is 12.0 Å². The molecule has 0 aliphatic heterocycles. The molecule has 114 valence electrons. The lowest BCUT2D eigenvalue weighted by Gasteiger charge is -2.39. The van der Waals surface area contributed by atoms with E-state index in [1.807, 2.05) is 11.3 Å². The third-order valence-electron chi connectivity index (χ3n) is 4.75. The van der Waals surface area contributed by atoms with Crippen LogP contribution in [0.4, 0.5) is 0 Å². The second-order valence-electron chi connectivity index (χ2n) is 6.82. The van der Waals surface area contributed by atoms with Gasteiger partial charge in [0.15, 0.2) is 0 Å². The molecule has 1 atom stereocenters. The zero-order valence-corrected chi connectivity index (χ0v) is 14.5. The average molecular weight is 294 g/mol. The van der Waals surface area contributed by atoms with Crippen LogP contribution in [0.2, 0.25) is 0 Å². The molecular weight excluding hydrogens is 262 g/mol. The molecule has 1 N–H and O–H groups in total. The van der Waals surface area contributed by atoms with Crippen LogP contribution in [-0.2, 0) is 6.42 Å². The zero-order valence-electron chi connectivity index (χ0n) is 13.7. The van der Waals surface area contributed by atoms with E-state index >= 15 is 0 Å². The summed E-state index contributed by atoms with van der Waals surface area (Å²) in [7, 11) is 0. The molecule has 2 heteroatoms. The Morgan fingerprint density at radius 1 is 1.20 bits per heavy atom. The van der Waals surface area contributed by atoms with E-state index in [9.17, 15) is 0 Å². The maximum atomic E-state index is 3.83. The fraction of sp³-hybridized carbons (Fsp3) is 0.778. The van der Waals surface area contributed by atoms with Gasteiger partial charge in [-0.15, -0.1) is 11.3 Å². The first-order valence-electron chi connectivity index (χ1n) is 8.43. The Morgan fingerprint density at radius 2 is 1.90 bits per heavy atom. The molecule has 0 amide bonds. The third kappa shape index (κ3) is 3.46. The van der Waals surface area contributed by atoms with E-state index in [0.717, 1.165) is 12.5 Å². The maximum absolute atomic E-state index is 3.83. The monoisotopic (exact) mass is 293 g/mol. The summed E-state index contributed by atoms with van der Waals surface area (Å²) in [4.78, 5) is 3.10. The van der Waals surface area contributed by atoms with Gasteiger partial charge in [0.05, 0.1) is 0 Å². The Morgan fingerprint density at radius 3 is 2.40 bits per heavy atom. The molecule has 1 aliphatic rings. The van der Waals surface area contributed by atoms with Gasteiger partial charge in [0.25, 0.3) is 0 Å². The normalized spacial score (nSPS) is 19.6. The van der Waals surface area contributed by atoms with Crippen LogP contribution in [-0.4, -0.2) is 6.54 Å². The minimum absolute atomic E-state index is 0.500. The molecule has 1 saturated carbocycles. The molecular formula is C18H31NS. The van der Waals surface area contributed by atoms with E-state index in [4.69, 9.17) is 0 Å². The molecule has 2 rings (SSSR count). The fourth-order valence-electron chi connectivity index (χ4n) is 4.07. The largest absolute Gasteiger partial charge is 0.309 e. The maximum Gasteiger partial charge on any atom is 0.0472 e. The second-order valence-corrected chi connectivity index (χ2v) is 8.02. The highest BCUT2D eigenvalue weighted by Crippen LogP contribution is 2.52. The van der Waals surface area contributed by atoms with Crippen molar-refractivity contribution < 1.29 is 0 Å². The Balaban J connectivity index is 2.28. The highest BCUT2D eigenvalue weighted by molar-refractivity contribution is 7.12. The van der Waals surface area contributed by atoms with Crippen molar-refractivity contribution in [2.75, 3.05) is 6.54 Å². The Hall–Kier alpha value is -0.340. The van der Waals surface area contributed by atoms with Gasteiger partial charge in [-0.1, -0.05) is 40.5 Å². The number of nitrogens with one attached hydrogen (secondary N) is 1. The van der Waals surface area contributed by atoms with Gasteiger partial charge in [-0.3, -0.25) is 0 Å². The zero-order chi connectivity index (χ0) is 14.6. The van der Waals surface area contributed by atoms with Gasteiger partial charge in [0.1, 0.15) is 0 Å². The van der Waals surface area contributed by atoms with Crippen molar-refractivity contribution in [3.63, 3.8) is 0 Å². The van der Waals surface area contributed by atoms with Gasteiger partial charge < -0.3 is 5.32 Å². The summed E-state index contributed by atoms with van der Waals surface area (Å²) in [6.07, 6.45) is 8.18. The highest BCUT2D eigenvalue weighted by atomic mass is 32.1. The number of aryl methyl sites for hydroxylation is 1. The third-order valence-corrected chi connectivity index (χ3v) is 6.04. The number of hydrogen-bond acceptors (Lipinski definition) is 2. The van der Waals surface area contributed by atoms with Gasteiger partial charge in [0.2, 0.25) is 0 Å². The molecule has 0 saturated heterocycles. The van der Waals surface area contributed by atoms with Crippen LogP contribution in [0.15, 0.2) is 12.1 Å². The van der Waals surface area contributed by atoms with Crippen molar-refractivity contribution >= 4 is 11.3 Å². The van der Waals surface area contributed by atoms with Crippen LogP contribution in [0.3, 0.4) is 0 Å². The molecule has 1 fully saturated rings. The van der Waals surface area contributed by atoms with Gasteiger partial charge in [-0.25, -0.2) is 0 Å². The van der Waals surface area contributed by atoms with E-state index in [1.165, 1.54) is 43.4 Å². The Labute approximate surface area is 129 Å². The van der Waals surface area contributed by atoms with Crippen LogP contribution < -0.4 is 5.32 Å². The molecule has 1 aromatic heterocycles. The van der Waals surface area contributed by atoms with Crippen molar-refractivity contribution in [1.29, 1.82) is 0 Å². The first-order chi connectivity index (χ1) is 9.61. The molecule has 1 aromatic rings. The van der Waals surface area contributed by atoms with Crippen molar-refractivity contribution in [2.45, 2.75) is 72.3 Å². The second kappa shape index (κ2) is 7.09. The van der Waals surface area contributed by atoms with E-state index in [0.29, 0.717) is 11.5 Å². The predicted octanol–water partition coefficient (Wildman–Crippen LogP) is 5.57. The van der Waals surface area contributed by atoms with E-state index in [2.05, 4.69) is 45.1 Å². The van der Waals surface area contributed by atoms with E-state index < -0.39 is 0 Å². The highest BCUT2D eigenvalue weighted by Gasteiger charge is 2.42. The fourth-order valence-corrected chi connectivity index (χ4v) is 5.24. The van der Waals surface area contributed by atoms with Crippen LogP contribution >= 0.6 is 11.3 Å². The molecule has 0 aromatic carbocycles. The number of thiophene rings is 1. The first-order valence-corrected chi connectivity index (χ1v) is 9.25. The molecule has 0 spiro atoms. The standard InChI is InChI=1S/C18H31NS/c1-5-15-9-10-16(20-15)17(19-6-2)18(13-14(3)4)11-7-8-12-18/h9-10,14,17,19H,5-8,11-13H2,1-4H3. The summed E-state index contributed by atoms with van der Waals surface area (Å²) in [6, 6.07) is 5.29. The molecule has 1 unspecified atom stereocenters. The summed E-state index contributed by atoms with van der Waals surface area (Å²) >= 11 is 2.03. The van der Waals surface area contributed by atoms with Crippen LogP contribution in [0, 0.1) is 11.3 Å². The summed E-state index contributed by atoms with van der Waals surface area (Å²) in [5.74, 6) is 0.792. The minimum atomic E-state index is 0.500. The lowest BCUT2D eigenvalue weighted by atomic mass is 9.72. The summed E-state index contributed by atoms with van der Waals surface area (Å²) in [6.45, 7) is 10.4. The van der Waals surface area contributed by atoms with Gasteiger partial charge in [-0.05, 0) is 55.7 Å². The molecule has 1 nitrogen and oxygen atoms in total. The van der Waals surface area contributed by atoms with Gasteiger partial charge >= 0.3 is 0 Å². The van der Waals surface area contributed by atoms with E-state index in [1.54, 1.807) is 4.88 Å². The van der Waals surface area contributed by atoms with Crippen molar-refractivity contribution in [3.05, 3.63) is 21.9 Å². The van der Waals surface area contributed by atoms with Crippen molar-refractivity contribution in [3.8, 4) is 0 Å². The molecule has 1 heterocycles. The van der Waals surface area contributed by atoms with Crippen LogP contribution in [0.5, 0.6) is 0 Å². The Bertz CT molecular complexity index is 401. The first kappa shape index (κ1) is 16.0. The Kier molecular flexibility index (Phi) is 5.68. The summed E-state index contributed by atoms with van der Waals surface area (Å²) in [5, 5.41) is 3.83. The van der Waals surface area contributed by atoms with E-state index in [-0.39, 0.29) is 0 Å². The molecule has 1 aliphatic carbocycles. The van der Waals surface area contributed by atoms with Crippen LogP contribution in [0.1, 0.15) is 75.6 Å². The SMILES string of the molecule is CCNC(c1ccc(CC)s1)C1(CC(C)C)CCCC1. The smallest absolute Gasteiger partial charge is 0.0472 e. The lowest BCUT2D eigenvalue weighted by molar-refractivity contribution is 0.159. The molecule has 20 heavy (non-hydrogen) atoms. The van der Waals surface area contributed by atoms with Gasteiger partial charge in [0, 0.05) is 15.8 Å². The quantitative estimate of drug-likeness (QED) is 0.693. The summed E-state index contributed by atoms with van der Waals surface area (Å²) < 4.78 is 0. The lowest BCUT2D eigenvalue weighted by Crippen LogP contribution is -2.37. The molecule has 0 bridgehead atoms. The number of rotatable bonds is 7. The minimum Gasteiger partial charge on any atom is -0.309 e. The molecule has 0 radical (unpaired) electrons. The predicted molar refractivity (Wildman–Crippen MR) is 90.5 cm³/mol.